The number of benzene rings is 4. The lowest BCUT2D eigenvalue weighted by Crippen LogP contribution is -2.34. The highest BCUT2D eigenvalue weighted by Crippen LogP contribution is 2.48. The minimum atomic E-state index is -0.574. The molecule has 0 saturated heterocycles. The van der Waals surface area contributed by atoms with E-state index in [0.717, 1.165) is 26.1 Å². The van der Waals surface area contributed by atoms with E-state index in [0.29, 0.717) is 5.69 Å². The summed E-state index contributed by atoms with van der Waals surface area (Å²) in [6.07, 6.45) is 0. The summed E-state index contributed by atoms with van der Waals surface area (Å²) in [6.45, 7) is 1.88. The largest absolute Gasteiger partial charge is 0.322 e. The summed E-state index contributed by atoms with van der Waals surface area (Å²) in [4.78, 5) is 30.9. The van der Waals surface area contributed by atoms with Gasteiger partial charge in [-0.25, -0.2) is 4.39 Å². The molecule has 1 aliphatic heterocycles. The van der Waals surface area contributed by atoms with Gasteiger partial charge in [0.1, 0.15) is 5.82 Å². The molecule has 0 aliphatic carbocycles. The Morgan fingerprint density at radius 1 is 0.857 bits per heavy atom. The predicted molar refractivity (Wildman–Crippen MR) is 140 cm³/mol. The van der Waals surface area contributed by atoms with Gasteiger partial charge in [-0.05, 0) is 61.5 Å². The van der Waals surface area contributed by atoms with Crippen LogP contribution in [0.25, 0.3) is 0 Å². The molecule has 1 unspecified atom stereocenters. The normalized spacial score (nSPS) is 12.9. The third kappa shape index (κ3) is 4.83. The van der Waals surface area contributed by atoms with Gasteiger partial charge in [0, 0.05) is 20.4 Å². The SMILES string of the molecule is CC(Sc1cccc(NC(=O)c2ccccc2F)c1)C(=O)N1c2ccccc2Sc2ccccc21. The van der Waals surface area contributed by atoms with Gasteiger partial charge in [0.15, 0.2) is 0 Å². The fourth-order valence-electron chi connectivity index (χ4n) is 3.87. The quantitative estimate of drug-likeness (QED) is 0.290. The molecule has 174 valence electrons. The molecular weight excluding hydrogens is 479 g/mol. The van der Waals surface area contributed by atoms with Crippen molar-refractivity contribution in [2.45, 2.75) is 26.9 Å². The standard InChI is InChI=1S/C28H21FN2O2S2/c1-18(28(33)31-23-13-4-6-15-25(23)35-26-16-7-5-14-24(26)31)34-20-10-8-9-19(17-20)30-27(32)21-11-2-3-12-22(21)29/h2-18H,1H3,(H,30,32). The van der Waals surface area contributed by atoms with Crippen molar-refractivity contribution in [3.05, 3.63) is 108 Å². The van der Waals surface area contributed by atoms with Crippen molar-refractivity contribution in [2.24, 2.45) is 0 Å². The fourth-order valence-corrected chi connectivity index (χ4v) is 5.89. The monoisotopic (exact) mass is 500 g/mol. The molecular formula is C28H21FN2O2S2. The van der Waals surface area contributed by atoms with Gasteiger partial charge in [-0.3, -0.25) is 14.5 Å². The van der Waals surface area contributed by atoms with Crippen LogP contribution in [0.4, 0.5) is 21.5 Å². The summed E-state index contributed by atoms with van der Waals surface area (Å²) in [7, 11) is 0. The van der Waals surface area contributed by atoms with Crippen LogP contribution in [0.2, 0.25) is 0 Å². The lowest BCUT2D eigenvalue weighted by atomic mass is 10.2. The minimum Gasteiger partial charge on any atom is -0.322 e. The van der Waals surface area contributed by atoms with Crippen molar-refractivity contribution in [1.82, 2.24) is 0 Å². The molecule has 4 aromatic rings. The van der Waals surface area contributed by atoms with Crippen molar-refractivity contribution >= 4 is 52.4 Å². The van der Waals surface area contributed by atoms with E-state index in [1.165, 1.54) is 23.9 Å². The van der Waals surface area contributed by atoms with Crippen LogP contribution >= 0.6 is 23.5 Å². The molecule has 0 radical (unpaired) electrons. The van der Waals surface area contributed by atoms with Gasteiger partial charge in [-0.1, -0.05) is 54.2 Å². The van der Waals surface area contributed by atoms with E-state index < -0.39 is 17.0 Å². The molecule has 1 aliphatic rings. The smallest absolute Gasteiger partial charge is 0.258 e. The van der Waals surface area contributed by atoms with Crippen LogP contribution in [-0.4, -0.2) is 17.1 Å². The van der Waals surface area contributed by atoms with Gasteiger partial charge in [0.05, 0.1) is 22.2 Å². The maximum Gasteiger partial charge on any atom is 0.258 e. The Morgan fingerprint density at radius 2 is 1.49 bits per heavy atom. The fraction of sp³-hybridized carbons (Fsp3) is 0.0714. The third-order valence-corrected chi connectivity index (χ3v) is 7.74. The van der Waals surface area contributed by atoms with Crippen LogP contribution in [0.15, 0.2) is 112 Å². The third-order valence-electron chi connectivity index (χ3n) is 5.52. The van der Waals surface area contributed by atoms with E-state index in [9.17, 15) is 14.0 Å². The van der Waals surface area contributed by atoms with Gasteiger partial charge in [-0.15, -0.1) is 11.8 Å². The molecule has 5 rings (SSSR count). The second-order valence-electron chi connectivity index (χ2n) is 7.93. The number of halogens is 1. The van der Waals surface area contributed by atoms with Crippen LogP contribution < -0.4 is 10.2 Å². The van der Waals surface area contributed by atoms with Crippen LogP contribution in [0.5, 0.6) is 0 Å². The lowest BCUT2D eigenvalue weighted by molar-refractivity contribution is -0.117. The zero-order valence-corrected chi connectivity index (χ0v) is 20.4. The van der Waals surface area contributed by atoms with Gasteiger partial charge in [-0.2, -0.15) is 0 Å². The topological polar surface area (TPSA) is 49.4 Å². The van der Waals surface area contributed by atoms with E-state index >= 15 is 0 Å². The first-order valence-electron chi connectivity index (χ1n) is 11.0. The Hall–Kier alpha value is -3.55. The zero-order chi connectivity index (χ0) is 24.4. The van der Waals surface area contributed by atoms with Gasteiger partial charge >= 0.3 is 0 Å². The summed E-state index contributed by atoms with van der Waals surface area (Å²) >= 11 is 3.07. The number of amides is 2. The number of hydrogen-bond donors (Lipinski definition) is 1. The van der Waals surface area contributed by atoms with E-state index in [1.54, 1.807) is 47.0 Å². The maximum atomic E-state index is 14.0. The summed E-state index contributed by atoms with van der Waals surface area (Å²) in [5.41, 5.74) is 2.27. The summed E-state index contributed by atoms with van der Waals surface area (Å²) < 4.78 is 14.0. The van der Waals surface area contributed by atoms with Crippen LogP contribution in [0.1, 0.15) is 17.3 Å². The minimum absolute atomic E-state index is 0.0191. The van der Waals surface area contributed by atoms with E-state index in [-0.39, 0.29) is 11.5 Å². The van der Waals surface area contributed by atoms with E-state index in [2.05, 4.69) is 5.32 Å². The molecule has 0 bridgehead atoms. The molecule has 0 spiro atoms. The Morgan fingerprint density at radius 3 is 2.17 bits per heavy atom. The van der Waals surface area contributed by atoms with Crippen LogP contribution in [0.3, 0.4) is 0 Å². The van der Waals surface area contributed by atoms with Crippen LogP contribution in [0, 0.1) is 5.82 Å². The maximum absolute atomic E-state index is 14.0. The molecule has 0 saturated carbocycles. The number of rotatable bonds is 5. The molecule has 1 N–H and O–H groups in total. The number of carbonyl (C=O) groups excluding carboxylic acids is 2. The summed E-state index contributed by atoms with van der Waals surface area (Å²) in [6, 6.07) is 28.9. The highest BCUT2D eigenvalue weighted by Gasteiger charge is 2.31. The summed E-state index contributed by atoms with van der Waals surface area (Å²) in [5, 5.41) is 2.35. The van der Waals surface area contributed by atoms with E-state index in [1.807, 2.05) is 61.5 Å². The Balaban J connectivity index is 1.36. The first-order valence-corrected chi connectivity index (χ1v) is 12.7. The lowest BCUT2D eigenvalue weighted by Gasteiger charge is -2.32. The Labute approximate surface area is 211 Å². The number of anilines is 3. The molecule has 0 fully saturated rings. The second kappa shape index (κ2) is 9.98. The number of carbonyl (C=O) groups is 2. The average molecular weight is 501 g/mol. The number of nitrogens with one attached hydrogen (secondary N) is 1. The van der Waals surface area contributed by atoms with Gasteiger partial charge in [0.25, 0.3) is 5.91 Å². The average Bonchev–Trinajstić information content (AvgIpc) is 2.87. The second-order valence-corrected chi connectivity index (χ2v) is 10.4. The number of nitrogens with zero attached hydrogens (tertiary/aromatic N) is 1. The van der Waals surface area contributed by atoms with Crippen LogP contribution in [-0.2, 0) is 4.79 Å². The van der Waals surface area contributed by atoms with Gasteiger partial charge < -0.3 is 5.32 Å². The van der Waals surface area contributed by atoms with Crippen molar-refractivity contribution in [3.8, 4) is 0 Å². The highest BCUT2D eigenvalue weighted by molar-refractivity contribution is 8.00. The molecule has 0 aromatic heterocycles. The Kier molecular flexibility index (Phi) is 6.61. The molecule has 4 aromatic carbocycles. The molecule has 2 amide bonds. The van der Waals surface area contributed by atoms with Gasteiger partial charge in [0.2, 0.25) is 5.91 Å². The first-order chi connectivity index (χ1) is 17.0. The first kappa shape index (κ1) is 23.2. The van der Waals surface area contributed by atoms with Crippen molar-refractivity contribution < 1.29 is 14.0 Å². The number of fused-ring (bicyclic) bond motifs is 2. The zero-order valence-electron chi connectivity index (χ0n) is 18.8. The number of para-hydroxylation sites is 2. The molecule has 7 heteroatoms. The van der Waals surface area contributed by atoms with Crippen molar-refractivity contribution in [1.29, 1.82) is 0 Å². The molecule has 4 nitrogen and oxygen atoms in total. The van der Waals surface area contributed by atoms with E-state index in [4.69, 9.17) is 0 Å². The van der Waals surface area contributed by atoms with Crippen molar-refractivity contribution in [2.75, 3.05) is 10.2 Å². The van der Waals surface area contributed by atoms with Crippen molar-refractivity contribution in [3.63, 3.8) is 0 Å². The Bertz CT molecular complexity index is 1380. The summed E-state index contributed by atoms with van der Waals surface area (Å²) in [5.74, 6) is -1.13. The highest BCUT2D eigenvalue weighted by atomic mass is 32.2. The molecule has 1 atom stereocenters. The molecule has 35 heavy (non-hydrogen) atoms. The number of thioether (sulfide) groups is 1. The predicted octanol–water partition coefficient (Wildman–Crippen LogP) is 7.39. The molecule has 1 heterocycles. The number of hydrogen-bond acceptors (Lipinski definition) is 4.